The standard InChI is InChI=1S/C12H19NO3S2/c1-2-10-5-6-11(17-10)18(15,16)13-12(9-14)7-3-4-8-12/h5-6,13-14H,2-4,7-9H2,1H3. The number of thiophene rings is 1. The summed E-state index contributed by atoms with van der Waals surface area (Å²) in [5.74, 6) is 0. The van der Waals surface area contributed by atoms with Crippen LogP contribution in [0, 0.1) is 0 Å². The fraction of sp³-hybridized carbons (Fsp3) is 0.667. The molecule has 2 rings (SSSR count). The van der Waals surface area contributed by atoms with Crippen LogP contribution in [0.1, 0.15) is 37.5 Å². The van der Waals surface area contributed by atoms with Gasteiger partial charge in [0.15, 0.2) is 0 Å². The third kappa shape index (κ3) is 2.77. The van der Waals surface area contributed by atoms with Crippen LogP contribution < -0.4 is 4.72 Å². The largest absolute Gasteiger partial charge is 0.394 e. The second-order valence-corrected chi connectivity index (χ2v) is 7.90. The van der Waals surface area contributed by atoms with Gasteiger partial charge in [-0.1, -0.05) is 19.8 Å². The molecule has 1 aliphatic carbocycles. The Morgan fingerprint density at radius 3 is 2.56 bits per heavy atom. The maximum atomic E-state index is 12.3. The van der Waals surface area contributed by atoms with Crippen LogP contribution >= 0.6 is 11.3 Å². The van der Waals surface area contributed by atoms with E-state index in [0.717, 1.165) is 37.0 Å². The van der Waals surface area contributed by atoms with Gasteiger partial charge < -0.3 is 5.11 Å². The van der Waals surface area contributed by atoms with Crippen molar-refractivity contribution in [2.45, 2.75) is 48.8 Å². The van der Waals surface area contributed by atoms with Crippen LogP contribution in [0.25, 0.3) is 0 Å². The van der Waals surface area contributed by atoms with Crippen molar-refractivity contribution in [3.63, 3.8) is 0 Å². The first-order valence-corrected chi connectivity index (χ1v) is 8.55. The summed E-state index contributed by atoms with van der Waals surface area (Å²) in [5.41, 5.74) is -0.644. The van der Waals surface area contributed by atoms with E-state index in [0.29, 0.717) is 4.21 Å². The lowest BCUT2D eigenvalue weighted by atomic mass is 10.0. The minimum absolute atomic E-state index is 0.127. The molecule has 18 heavy (non-hydrogen) atoms. The molecule has 1 saturated carbocycles. The maximum Gasteiger partial charge on any atom is 0.250 e. The Morgan fingerprint density at radius 2 is 2.06 bits per heavy atom. The zero-order valence-electron chi connectivity index (χ0n) is 10.5. The quantitative estimate of drug-likeness (QED) is 0.870. The van der Waals surface area contributed by atoms with Crippen LogP contribution in [-0.2, 0) is 16.4 Å². The van der Waals surface area contributed by atoms with Gasteiger partial charge in [0, 0.05) is 4.88 Å². The van der Waals surface area contributed by atoms with E-state index in [1.54, 1.807) is 6.07 Å². The summed E-state index contributed by atoms with van der Waals surface area (Å²) in [7, 11) is -3.49. The maximum absolute atomic E-state index is 12.3. The van der Waals surface area contributed by atoms with Crippen LogP contribution in [-0.4, -0.2) is 25.7 Å². The molecule has 0 spiro atoms. The highest BCUT2D eigenvalue weighted by Gasteiger charge is 2.37. The second kappa shape index (κ2) is 5.28. The third-order valence-electron chi connectivity index (χ3n) is 3.46. The zero-order valence-corrected chi connectivity index (χ0v) is 12.1. The highest BCUT2D eigenvalue weighted by Crippen LogP contribution is 2.32. The van der Waals surface area contributed by atoms with Crippen LogP contribution in [0.3, 0.4) is 0 Å². The molecule has 2 N–H and O–H groups in total. The summed E-state index contributed by atoms with van der Waals surface area (Å²) in [5, 5.41) is 9.45. The summed E-state index contributed by atoms with van der Waals surface area (Å²) < 4.78 is 27.6. The first kappa shape index (κ1) is 14.0. The molecular formula is C12H19NO3S2. The second-order valence-electron chi connectivity index (χ2n) is 4.83. The molecule has 0 saturated heterocycles. The molecule has 4 nitrogen and oxygen atoms in total. The van der Waals surface area contributed by atoms with E-state index in [4.69, 9.17) is 0 Å². The molecule has 0 aromatic carbocycles. The predicted molar refractivity (Wildman–Crippen MR) is 72.3 cm³/mol. The fourth-order valence-corrected chi connectivity index (χ4v) is 5.12. The summed E-state index contributed by atoms with van der Waals surface area (Å²) >= 11 is 1.30. The zero-order chi connectivity index (χ0) is 13.2. The van der Waals surface area contributed by atoms with Gasteiger partial charge in [-0.05, 0) is 31.4 Å². The van der Waals surface area contributed by atoms with Gasteiger partial charge in [0.25, 0.3) is 10.0 Å². The number of aliphatic hydroxyl groups is 1. The number of nitrogens with one attached hydrogen (secondary N) is 1. The van der Waals surface area contributed by atoms with Gasteiger partial charge in [0.2, 0.25) is 0 Å². The van der Waals surface area contributed by atoms with Crippen molar-refractivity contribution in [3.8, 4) is 0 Å². The number of sulfonamides is 1. The molecule has 0 unspecified atom stereocenters. The summed E-state index contributed by atoms with van der Waals surface area (Å²) in [6.45, 7) is 1.88. The number of hydrogen-bond acceptors (Lipinski definition) is 4. The van der Waals surface area contributed by atoms with Gasteiger partial charge in [0.05, 0.1) is 12.1 Å². The molecule has 1 heterocycles. The van der Waals surface area contributed by atoms with E-state index in [-0.39, 0.29) is 6.61 Å². The first-order chi connectivity index (χ1) is 8.51. The Morgan fingerprint density at radius 1 is 1.39 bits per heavy atom. The number of rotatable bonds is 5. The highest BCUT2D eigenvalue weighted by molar-refractivity contribution is 7.91. The van der Waals surface area contributed by atoms with Crippen molar-refractivity contribution >= 4 is 21.4 Å². The monoisotopic (exact) mass is 289 g/mol. The topological polar surface area (TPSA) is 66.4 Å². The fourth-order valence-electron chi connectivity index (χ4n) is 2.37. The van der Waals surface area contributed by atoms with Gasteiger partial charge in [0.1, 0.15) is 4.21 Å². The number of aliphatic hydroxyl groups excluding tert-OH is 1. The Kier molecular flexibility index (Phi) is 4.11. The number of hydrogen-bond donors (Lipinski definition) is 2. The van der Waals surface area contributed by atoms with E-state index in [1.165, 1.54) is 11.3 Å². The SMILES string of the molecule is CCc1ccc(S(=O)(=O)NC2(CO)CCCC2)s1. The molecule has 6 heteroatoms. The van der Waals surface area contributed by atoms with E-state index >= 15 is 0 Å². The Bertz CT molecular complexity index is 501. The lowest BCUT2D eigenvalue weighted by Crippen LogP contribution is -2.48. The van der Waals surface area contributed by atoms with Gasteiger partial charge in [-0.25, -0.2) is 13.1 Å². The lowest BCUT2D eigenvalue weighted by Gasteiger charge is -2.27. The van der Waals surface area contributed by atoms with Crippen molar-refractivity contribution in [2.24, 2.45) is 0 Å². The van der Waals surface area contributed by atoms with Crippen LogP contribution in [0.2, 0.25) is 0 Å². The first-order valence-electron chi connectivity index (χ1n) is 6.25. The third-order valence-corrected chi connectivity index (χ3v) is 6.76. The normalized spacial score (nSPS) is 19.2. The average Bonchev–Trinajstić information content (AvgIpc) is 2.97. The van der Waals surface area contributed by atoms with Gasteiger partial charge in [-0.3, -0.25) is 0 Å². The molecule has 0 aliphatic heterocycles. The van der Waals surface area contributed by atoms with E-state index in [9.17, 15) is 13.5 Å². The molecule has 0 atom stereocenters. The highest BCUT2D eigenvalue weighted by atomic mass is 32.2. The van der Waals surface area contributed by atoms with E-state index in [1.807, 2.05) is 13.0 Å². The van der Waals surface area contributed by atoms with Crippen LogP contribution in [0.4, 0.5) is 0 Å². The van der Waals surface area contributed by atoms with Crippen molar-refractivity contribution in [1.29, 1.82) is 0 Å². The van der Waals surface area contributed by atoms with Gasteiger partial charge >= 0.3 is 0 Å². The molecular weight excluding hydrogens is 270 g/mol. The van der Waals surface area contributed by atoms with Crippen molar-refractivity contribution in [2.75, 3.05) is 6.61 Å². The molecule has 1 fully saturated rings. The van der Waals surface area contributed by atoms with E-state index in [2.05, 4.69) is 4.72 Å². The molecule has 0 amide bonds. The Hall–Kier alpha value is -0.430. The molecule has 1 aromatic rings. The summed E-state index contributed by atoms with van der Waals surface area (Å²) in [6, 6.07) is 3.49. The average molecular weight is 289 g/mol. The van der Waals surface area contributed by atoms with Gasteiger partial charge in [-0.15, -0.1) is 11.3 Å². The van der Waals surface area contributed by atoms with E-state index < -0.39 is 15.6 Å². The number of aryl methyl sites for hydroxylation is 1. The molecule has 0 radical (unpaired) electrons. The molecule has 102 valence electrons. The minimum Gasteiger partial charge on any atom is -0.394 e. The molecule has 1 aliphatic rings. The minimum atomic E-state index is -3.49. The lowest BCUT2D eigenvalue weighted by molar-refractivity contribution is 0.185. The Labute approximate surface area is 112 Å². The smallest absolute Gasteiger partial charge is 0.250 e. The van der Waals surface area contributed by atoms with Crippen molar-refractivity contribution in [1.82, 2.24) is 4.72 Å². The molecule has 1 aromatic heterocycles. The van der Waals surface area contributed by atoms with Gasteiger partial charge in [-0.2, -0.15) is 0 Å². The van der Waals surface area contributed by atoms with Crippen LogP contribution in [0.5, 0.6) is 0 Å². The van der Waals surface area contributed by atoms with Crippen LogP contribution in [0.15, 0.2) is 16.3 Å². The summed E-state index contributed by atoms with van der Waals surface area (Å²) in [6.07, 6.45) is 4.20. The molecule has 0 bridgehead atoms. The predicted octanol–water partition coefficient (Wildman–Crippen LogP) is 1.89. The van der Waals surface area contributed by atoms with Crippen molar-refractivity contribution < 1.29 is 13.5 Å². The van der Waals surface area contributed by atoms with Crippen molar-refractivity contribution in [3.05, 3.63) is 17.0 Å². The summed E-state index contributed by atoms with van der Waals surface area (Å²) in [4.78, 5) is 1.06. The Balaban J connectivity index is 2.21.